The van der Waals surface area contributed by atoms with Crippen LogP contribution in [0.1, 0.15) is 30.6 Å². The number of halogens is 1. The molecule has 0 radical (unpaired) electrons. The summed E-state index contributed by atoms with van der Waals surface area (Å²) in [6, 6.07) is 6.17. The molecule has 108 valence electrons. The van der Waals surface area contributed by atoms with Gasteiger partial charge in [-0.05, 0) is 54.1 Å². The van der Waals surface area contributed by atoms with E-state index in [9.17, 15) is 4.79 Å². The Kier molecular flexibility index (Phi) is 3.75. The van der Waals surface area contributed by atoms with Gasteiger partial charge in [-0.25, -0.2) is 5.43 Å². The van der Waals surface area contributed by atoms with Gasteiger partial charge in [0.25, 0.3) is 0 Å². The topological polar surface area (TPSA) is 72.2 Å². The summed E-state index contributed by atoms with van der Waals surface area (Å²) in [7, 11) is 0. The van der Waals surface area contributed by atoms with Gasteiger partial charge in [0.1, 0.15) is 11.6 Å². The van der Waals surface area contributed by atoms with Gasteiger partial charge in [-0.3, -0.25) is 9.36 Å². The Labute approximate surface area is 135 Å². The second-order valence-corrected chi connectivity index (χ2v) is 6.13. The van der Waals surface area contributed by atoms with Crippen LogP contribution in [0, 0.1) is 10.5 Å². The van der Waals surface area contributed by atoms with Crippen molar-refractivity contribution in [1.29, 1.82) is 0 Å². The van der Waals surface area contributed by atoms with Gasteiger partial charge in [0.05, 0.1) is 11.4 Å². The fourth-order valence-corrected chi connectivity index (χ4v) is 2.93. The zero-order chi connectivity index (χ0) is 15.0. The Morgan fingerprint density at radius 3 is 2.95 bits per heavy atom. The number of nitrogens with one attached hydrogen (secondary N) is 1. The second-order valence-electron chi connectivity index (χ2n) is 4.89. The molecule has 1 N–H and O–H groups in total. The Hall–Kier alpha value is -1.77. The fraction of sp³-hybridized carbons (Fsp3) is 0.286. The average molecular weight is 395 g/mol. The van der Waals surface area contributed by atoms with Crippen molar-refractivity contribution in [3.8, 4) is 5.69 Å². The summed E-state index contributed by atoms with van der Waals surface area (Å²) >= 11 is 2.27. The molecule has 0 bridgehead atoms. The predicted molar refractivity (Wildman–Crippen MR) is 87.5 cm³/mol. The minimum atomic E-state index is -0.172. The summed E-state index contributed by atoms with van der Waals surface area (Å²) in [5.41, 5.74) is 5.42. The molecule has 6 nitrogen and oxygen atoms in total. The van der Waals surface area contributed by atoms with Crippen LogP contribution in [0.4, 0.5) is 0 Å². The number of carbonyl (C=O) groups is 1. The lowest BCUT2D eigenvalue weighted by Crippen LogP contribution is -2.17. The molecular formula is C14H14IN5O. The number of hydrogen-bond acceptors (Lipinski definition) is 4. The maximum absolute atomic E-state index is 11.1. The first-order chi connectivity index (χ1) is 10.1. The number of aromatic nitrogens is 3. The molecule has 0 saturated carbocycles. The summed E-state index contributed by atoms with van der Waals surface area (Å²) < 4.78 is 3.18. The predicted octanol–water partition coefficient (Wildman–Crippen LogP) is 1.97. The van der Waals surface area contributed by atoms with E-state index >= 15 is 0 Å². The third kappa shape index (κ3) is 2.69. The highest BCUT2D eigenvalue weighted by Crippen LogP contribution is 2.26. The second kappa shape index (κ2) is 5.55. The minimum Gasteiger partial charge on any atom is -0.283 e. The molecule has 7 heteroatoms. The van der Waals surface area contributed by atoms with Crippen LogP contribution >= 0.6 is 22.6 Å². The smallest absolute Gasteiger partial charge is 0.236 e. The highest BCUT2D eigenvalue weighted by Gasteiger charge is 2.22. The van der Waals surface area contributed by atoms with E-state index < -0.39 is 0 Å². The SMILES string of the molecule is CC(=O)N/N=C1\CCc2nnc(C)n2-c2ccc(I)cc21. The molecule has 2 heterocycles. The summed E-state index contributed by atoms with van der Waals surface area (Å²) in [5.74, 6) is 1.60. The third-order valence-electron chi connectivity index (χ3n) is 3.34. The van der Waals surface area contributed by atoms with E-state index in [1.807, 2.05) is 19.1 Å². The Bertz CT molecular complexity index is 750. The average Bonchev–Trinajstić information content (AvgIpc) is 2.72. The molecule has 1 aliphatic heterocycles. The zero-order valence-electron chi connectivity index (χ0n) is 11.7. The lowest BCUT2D eigenvalue weighted by Gasteiger charge is -2.11. The molecule has 0 unspecified atom stereocenters. The Morgan fingerprint density at radius 1 is 1.38 bits per heavy atom. The maximum Gasteiger partial charge on any atom is 0.236 e. The van der Waals surface area contributed by atoms with Crippen LogP contribution < -0.4 is 5.43 Å². The van der Waals surface area contributed by atoms with Crippen molar-refractivity contribution < 1.29 is 4.79 Å². The molecule has 1 amide bonds. The maximum atomic E-state index is 11.1. The number of amides is 1. The fourth-order valence-electron chi connectivity index (χ4n) is 2.44. The quantitative estimate of drug-likeness (QED) is 0.593. The molecule has 1 aliphatic rings. The molecule has 3 rings (SSSR count). The monoisotopic (exact) mass is 395 g/mol. The number of rotatable bonds is 1. The number of benzene rings is 1. The third-order valence-corrected chi connectivity index (χ3v) is 4.01. The number of carbonyl (C=O) groups excluding carboxylic acids is 1. The van der Waals surface area contributed by atoms with Gasteiger partial charge in [-0.2, -0.15) is 5.10 Å². The van der Waals surface area contributed by atoms with E-state index in [1.54, 1.807) is 0 Å². The Balaban J connectivity index is 2.19. The largest absolute Gasteiger partial charge is 0.283 e. The van der Waals surface area contributed by atoms with Gasteiger partial charge in [0, 0.05) is 22.5 Å². The van der Waals surface area contributed by atoms with E-state index in [0.29, 0.717) is 6.42 Å². The van der Waals surface area contributed by atoms with Gasteiger partial charge in [0.2, 0.25) is 5.91 Å². The molecular weight excluding hydrogens is 381 g/mol. The minimum absolute atomic E-state index is 0.172. The van der Waals surface area contributed by atoms with Crippen molar-refractivity contribution in [2.45, 2.75) is 26.7 Å². The number of hydrogen-bond donors (Lipinski definition) is 1. The van der Waals surface area contributed by atoms with Crippen LogP contribution in [0.5, 0.6) is 0 Å². The molecule has 0 spiro atoms. The highest BCUT2D eigenvalue weighted by atomic mass is 127. The van der Waals surface area contributed by atoms with E-state index in [4.69, 9.17) is 0 Å². The van der Waals surface area contributed by atoms with Gasteiger partial charge in [-0.1, -0.05) is 0 Å². The number of hydrazone groups is 1. The van der Waals surface area contributed by atoms with Crippen LogP contribution in [-0.4, -0.2) is 26.4 Å². The van der Waals surface area contributed by atoms with Crippen molar-refractivity contribution in [3.63, 3.8) is 0 Å². The normalized spacial score (nSPS) is 15.3. The zero-order valence-corrected chi connectivity index (χ0v) is 13.9. The standard InChI is InChI=1S/C14H14IN5O/c1-8-16-19-14-6-4-12(18-17-9(2)21)11-7-10(15)3-5-13(11)20(8)14/h3,5,7H,4,6H2,1-2H3,(H,17,21)/b18-12+. The van der Waals surface area contributed by atoms with Gasteiger partial charge < -0.3 is 0 Å². The molecule has 21 heavy (non-hydrogen) atoms. The van der Waals surface area contributed by atoms with Crippen LogP contribution in [0.25, 0.3) is 5.69 Å². The lowest BCUT2D eigenvalue weighted by molar-refractivity contribution is -0.118. The molecule has 0 fully saturated rings. The molecule has 1 aromatic heterocycles. The number of aryl methyl sites for hydroxylation is 2. The molecule has 0 saturated heterocycles. The number of nitrogens with zero attached hydrogens (tertiary/aromatic N) is 4. The van der Waals surface area contributed by atoms with E-state index in [1.165, 1.54) is 6.92 Å². The molecule has 1 aromatic carbocycles. The summed E-state index contributed by atoms with van der Waals surface area (Å²) in [6.07, 6.45) is 1.45. The summed E-state index contributed by atoms with van der Waals surface area (Å²) in [6.45, 7) is 3.39. The number of fused-ring (bicyclic) bond motifs is 3. The van der Waals surface area contributed by atoms with Crippen molar-refractivity contribution >= 4 is 34.2 Å². The summed E-state index contributed by atoms with van der Waals surface area (Å²) in [5, 5.41) is 12.7. The van der Waals surface area contributed by atoms with E-state index in [-0.39, 0.29) is 5.91 Å². The first-order valence-electron chi connectivity index (χ1n) is 6.60. The van der Waals surface area contributed by atoms with Crippen molar-refractivity contribution in [1.82, 2.24) is 20.2 Å². The van der Waals surface area contributed by atoms with Gasteiger partial charge in [0.15, 0.2) is 0 Å². The van der Waals surface area contributed by atoms with Crippen LogP contribution in [-0.2, 0) is 11.2 Å². The molecule has 2 aromatic rings. The van der Waals surface area contributed by atoms with Crippen molar-refractivity contribution in [3.05, 3.63) is 39.0 Å². The van der Waals surface area contributed by atoms with Crippen LogP contribution in [0.3, 0.4) is 0 Å². The first-order valence-corrected chi connectivity index (χ1v) is 7.68. The van der Waals surface area contributed by atoms with Gasteiger partial charge in [-0.15, -0.1) is 10.2 Å². The summed E-state index contributed by atoms with van der Waals surface area (Å²) in [4.78, 5) is 11.1. The van der Waals surface area contributed by atoms with Crippen LogP contribution in [0.15, 0.2) is 23.3 Å². The Morgan fingerprint density at radius 2 is 2.19 bits per heavy atom. The molecule has 0 aliphatic carbocycles. The van der Waals surface area contributed by atoms with E-state index in [2.05, 4.69) is 53.9 Å². The van der Waals surface area contributed by atoms with E-state index in [0.717, 1.165) is 38.6 Å². The van der Waals surface area contributed by atoms with Crippen molar-refractivity contribution in [2.75, 3.05) is 0 Å². The first kappa shape index (κ1) is 14.2. The lowest BCUT2D eigenvalue weighted by atomic mass is 10.1. The van der Waals surface area contributed by atoms with Crippen molar-refractivity contribution in [2.24, 2.45) is 5.10 Å². The van der Waals surface area contributed by atoms with Crippen LogP contribution in [0.2, 0.25) is 0 Å². The van der Waals surface area contributed by atoms with Gasteiger partial charge >= 0.3 is 0 Å². The molecule has 0 atom stereocenters. The highest BCUT2D eigenvalue weighted by molar-refractivity contribution is 14.1.